The van der Waals surface area contributed by atoms with Gasteiger partial charge in [0, 0.05) is 22.9 Å². The zero-order valence-electron chi connectivity index (χ0n) is 9.95. The van der Waals surface area contributed by atoms with Gasteiger partial charge in [0.2, 0.25) is 0 Å². The van der Waals surface area contributed by atoms with Crippen molar-refractivity contribution in [2.24, 2.45) is 5.73 Å². The third-order valence-corrected chi connectivity index (χ3v) is 5.64. The number of H-pyrrole nitrogens is 1. The van der Waals surface area contributed by atoms with Gasteiger partial charge in [-0.1, -0.05) is 23.2 Å². The van der Waals surface area contributed by atoms with Crippen molar-refractivity contribution in [2.45, 2.75) is 11.4 Å². The van der Waals surface area contributed by atoms with Gasteiger partial charge in [-0.25, -0.2) is 8.42 Å². The van der Waals surface area contributed by atoms with Crippen molar-refractivity contribution in [3.8, 4) is 0 Å². The first-order chi connectivity index (χ1) is 9.35. The van der Waals surface area contributed by atoms with Crippen LogP contribution in [0.15, 0.2) is 33.8 Å². The van der Waals surface area contributed by atoms with Crippen LogP contribution in [0.3, 0.4) is 0 Å². The van der Waals surface area contributed by atoms with Crippen molar-refractivity contribution < 1.29 is 8.42 Å². The normalized spacial score (nSPS) is 11.6. The van der Waals surface area contributed by atoms with E-state index in [1.165, 1.54) is 18.3 Å². The number of sulfonamides is 1. The molecule has 0 radical (unpaired) electrons. The predicted octanol–water partition coefficient (Wildman–Crippen LogP) is 3.34. The number of hydrogen-bond donors (Lipinski definition) is 3. The van der Waals surface area contributed by atoms with Crippen LogP contribution in [0.2, 0.25) is 10.0 Å². The molecule has 108 valence electrons. The van der Waals surface area contributed by atoms with Crippen LogP contribution in [0.5, 0.6) is 0 Å². The van der Waals surface area contributed by atoms with Gasteiger partial charge in [0.15, 0.2) is 0 Å². The molecule has 1 aromatic carbocycles. The Bertz CT molecular complexity index is 746. The summed E-state index contributed by atoms with van der Waals surface area (Å²) < 4.78 is 27.4. The number of hydrogen-bond acceptors (Lipinski definition) is 3. The van der Waals surface area contributed by atoms with E-state index >= 15 is 0 Å². The highest BCUT2D eigenvalue weighted by Crippen LogP contribution is 2.36. The molecule has 0 saturated carbocycles. The molecule has 0 fully saturated rings. The van der Waals surface area contributed by atoms with E-state index in [-0.39, 0.29) is 27.2 Å². The molecule has 20 heavy (non-hydrogen) atoms. The van der Waals surface area contributed by atoms with Gasteiger partial charge >= 0.3 is 0 Å². The Kier molecular flexibility index (Phi) is 4.66. The monoisotopic (exact) mass is 397 g/mol. The smallest absolute Gasteiger partial charge is 0.263 e. The molecule has 0 unspecified atom stereocenters. The first-order valence-corrected chi connectivity index (χ1v) is 8.42. The standard InChI is InChI=1S/C11H10BrCl2N3O2S/c12-8-1-2-9(11(14)10(8)13)17-20(18,19)7-3-6(4-15)16-5-7/h1-3,5,16-17H,4,15H2. The third-order valence-electron chi connectivity index (χ3n) is 2.53. The Morgan fingerprint density at radius 1 is 1.30 bits per heavy atom. The lowest BCUT2D eigenvalue weighted by atomic mass is 10.3. The fraction of sp³-hybridized carbons (Fsp3) is 0.0909. The van der Waals surface area contributed by atoms with Crippen LogP contribution < -0.4 is 10.5 Å². The molecule has 0 atom stereocenters. The third kappa shape index (κ3) is 3.12. The van der Waals surface area contributed by atoms with Crippen LogP contribution in [-0.4, -0.2) is 13.4 Å². The summed E-state index contributed by atoms with van der Waals surface area (Å²) in [5, 5.41) is 0.364. The van der Waals surface area contributed by atoms with Crippen LogP contribution in [-0.2, 0) is 16.6 Å². The van der Waals surface area contributed by atoms with E-state index in [2.05, 4.69) is 25.6 Å². The molecule has 0 aliphatic rings. The lowest BCUT2D eigenvalue weighted by Crippen LogP contribution is -2.12. The maximum Gasteiger partial charge on any atom is 0.263 e. The minimum absolute atomic E-state index is 0.0769. The summed E-state index contributed by atoms with van der Waals surface area (Å²) in [5.41, 5.74) is 6.25. The molecule has 4 N–H and O–H groups in total. The number of rotatable bonds is 4. The molecule has 2 rings (SSSR count). The number of halogens is 3. The summed E-state index contributed by atoms with van der Waals surface area (Å²) in [4.78, 5) is 2.85. The van der Waals surface area contributed by atoms with Crippen LogP contribution in [0.25, 0.3) is 0 Å². The molecule has 0 bridgehead atoms. The Hall–Kier alpha value is -0.730. The van der Waals surface area contributed by atoms with Crippen molar-refractivity contribution in [3.63, 3.8) is 0 Å². The Morgan fingerprint density at radius 3 is 2.60 bits per heavy atom. The zero-order chi connectivity index (χ0) is 14.9. The van der Waals surface area contributed by atoms with E-state index in [1.807, 2.05) is 0 Å². The SMILES string of the molecule is NCc1cc(S(=O)(=O)Nc2ccc(Br)c(Cl)c2Cl)c[nH]1. The zero-order valence-corrected chi connectivity index (χ0v) is 13.9. The second kappa shape index (κ2) is 5.95. The van der Waals surface area contributed by atoms with Gasteiger partial charge in [-0.05, 0) is 34.1 Å². The molecule has 0 aliphatic heterocycles. The quantitative estimate of drug-likeness (QED) is 0.690. The highest BCUT2D eigenvalue weighted by Gasteiger charge is 2.19. The van der Waals surface area contributed by atoms with E-state index in [0.29, 0.717) is 10.2 Å². The maximum atomic E-state index is 12.2. The molecule has 9 heteroatoms. The van der Waals surface area contributed by atoms with Crippen molar-refractivity contribution in [3.05, 3.63) is 44.6 Å². The Morgan fingerprint density at radius 2 is 2.00 bits per heavy atom. The molecule has 0 amide bonds. The van der Waals surface area contributed by atoms with Crippen molar-refractivity contribution in [1.29, 1.82) is 0 Å². The number of aromatic amines is 1. The van der Waals surface area contributed by atoms with Crippen LogP contribution in [0, 0.1) is 0 Å². The van der Waals surface area contributed by atoms with Crippen molar-refractivity contribution >= 4 is 54.8 Å². The first kappa shape index (κ1) is 15.7. The van der Waals surface area contributed by atoms with Crippen molar-refractivity contribution in [1.82, 2.24) is 4.98 Å². The average molecular weight is 399 g/mol. The van der Waals surface area contributed by atoms with Crippen LogP contribution >= 0.6 is 39.1 Å². The Balaban J connectivity index is 2.36. The van der Waals surface area contributed by atoms with E-state index < -0.39 is 10.0 Å². The van der Waals surface area contributed by atoms with Gasteiger partial charge in [0.1, 0.15) is 4.90 Å². The minimum atomic E-state index is -3.75. The summed E-state index contributed by atoms with van der Waals surface area (Å²) in [6, 6.07) is 4.58. The van der Waals surface area contributed by atoms with Crippen molar-refractivity contribution in [2.75, 3.05) is 4.72 Å². The van der Waals surface area contributed by atoms with Crippen LogP contribution in [0.1, 0.15) is 5.69 Å². The van der Waals surface area contributed by atoms with Gasteiger partial charge in [0.25, 0.3) is 10.0 Å². The molecule has 5 nitrogen and oxygen atoms in total. The second-order valence-electron chi connectivity index (χ2n) is 3.89. The van der Waals surface area contributed by atoms with E-state index in [0.717, 1.165) is 0 Å². The van der Waals surface area contributed by atoms with E-state index in [9.17, 15) is 8.42 Å². The maximum absolute atomic E-state index is 12.2. The number of anilines is 1. The molecule has 0 saturated heterocycles. The summed E-state index contributed by atoms with van der Waals surface area (Å²) in [5.74, 6) is 0. The number of nitrogens with one attached hydrogen (secondary N) is 2. The average Bonchev–Trinajstić information content (AvgIpc) is 2.89. The predicted molar refractivity (Wildman–Crippen MR) is 83.7 cm³/mol. The van der Waals surface area contributed by atoms with E-state index in [1.54, 1.807) is 6.07 Å². The summed E-state index contributed by atoms with van der Waals surface area (Å²) in [6.45, 7) is 0.223. The van der Waals surface area contributed by atoms with Gasteiger partial charge in [-0.15, -0.1) is 0 Å². The highest BCUT2D eigenvalue weighted by atomic mass is 79.9. The summed E-state index contributed by atoms with van der Waals surface area (Å²) >= 11 is 15.2. The summed E-state index contributed by atoms with van der Waals surface area (Å²) in [7, 11) is -3.75. The molecular weight excluding hydrogens is 389 g/mol. The molecule has 1 aromatic heterocycles. The molecular formula is C11H10BrCl2N3O2S. The second-order valence-corrected chi connectivity index (χ2v) is 7.19. The number of benzene rings is 1. The number of aromatic nitrogens is 1. The Labute approximate surface area is 134 Å². The van der Waals surface area contributed by atoms with Gasteiger partial charge in [0.05, 0.1) is 15.7 Å². The van der Waals surface area contributed by atoms with Gasteiger partial charge < -0.3 is 10.7 Å². The van der Waals surface area contributed by atoms with E-state index in [4.69, 9.17) is 28.9 Å². The molecule has 2 aromatic rings. The lowest BCUT2D eigenvalue weighted by molar-refractivity contribution is 0.601. The minimum Gasteiger partial charge on any atom is -0.363 e. The fourth-order valence-electron chi connectivity index (χ4n) is 1.50. The number of nitrogens with two attached hydrogens (primary N) is 1. The highest BCUT2D eigenvalue weighted by molar-refractivity contribution is 9.10. The van der Waals surface area contributed by atoms with Crippen LogP contribution in [0.4, 0.5) is 5.69 Å². The lowest BCUT2D eigenvalue weighted by Gasteiger charge is -2.10. The molecule has 0 aliphatic carbocycles. The van der Waals surface area contributed by atoms with Gasteiger partial charge in [-0.2, -0.15) is 0 Å². The van der Waals surface area contributed by atoms with Gasteiger partial charge in [-0.3, -0.25) is 4.72 Å². The fourth-order valence-corrected chi connectivity index (χ4v) is 3.47. The summed E-state index contributed by atoms with van der Waals surface area (Å²) in [6.07, 6.45) is 1.36. The first-order valence-electron chi connectivity index (χ1n) is 5.39. The molecule has 1 heterocycles. The topological polar surface area (TPSA) is 88.0 Å². The largest absolute Gasteiger partial charge is 0.363 e. The molecule has 0 spiro atoms.